The van der Waals surface area contributed by atoms with Gasteiger partial charge in [0.25, 0.3) is 0 Å². The van der Waals surface area contributed by atoms with E-state index >= 15 is 0 Å². The smallest absolute Gasteiger partial charge is 0.0551 e. The largest absolute Gasteiger partial charge is 0.313 e. The summed E-state index contributed by atoms with van der Waals surface area (Å²) in [6.07, 6.45) is 4.01. The molecule has 1 aromatic rings. The van der Waals surface area contributed by atoms with Crippen molar-refractivity contribution in [3.05, 3.63) is 33.3 Å². The molecule has 0 spiro atoms. The maximum Gasteiger partial charge on any atom is 0.0551 e. The summed E-state index contributed by atoms with van der Waals surface area (Å²) in [5.74, 6) is 0.921. The Morgan fingerprint density at radius 1 is 1.53 bits per heavy atom. The molecule has 1 aromatic carbocycles. The Labute approximate surface area is 104 Å². The molecule has 0 aliphatic heterocycles. The Bertz CT molecular complexity index is 349. The molecule has 82 valence electrons. The van der Waals surface area contributed by atoms with E-state index in [0.717, 1.165) is 15.4 Å². The fraction of sp³-hybridized carbons (Fsp3) is 0.500. The van der Waals surface area contributed by atoms with Crippen LogP contribution in [0.15, 0.2) is 22.7 Å². The van der Waals surface area contributed by atoms with Gasteiger partial charge in [-0.05, 0) is 53.0 Å². The molecule has 1 atom stereocenters. The predicted octanol–water partition coefficient (Wildman–Crippen LogP) is 4.16. The van der Waals surface area contributed by atoms with Crippen LogP contribution in [0.25, 0.3) is 0 Å². The number of hydrogen-bond donors (Lipinski definition) is 1. The zero-order valence-electron chi connectivity index (χ0n) is 8.76. The Hall–Kier alpha value is -0.0500. The third kappa shape index (κ3) is 2.96. The second-order valence-corrected chi connectivity index (χ2v) is 5.46. The molecule has 1 N–H and O–H groups in total. The molecule has 0 aromatic heterocycles. The normalized spacial score (nSPS) is 17.8. The van der Waals surface area contributed by atoms with Crippen LogP contribution in [0.1, 0.15) is 30.9 Å². The molecule has 1 unspecified atom stereocenters. The number of rotatable bonds is 4. The van der Waals surface area contributed by atoms with Crippen LogP contribution < -0.4 is 5.32 Å². The molecular weight excluding hydrogens is 273 g/mol. The summed E-state index contributed by atoms with van der Waals surface area (Å²) in [5, 5.41) is 4.16. The van der Waals surface area contributed by atoms with Crippen LogP contribution in [0.5, 0.6) is 0 Å². The number of hydrogen-bond acceptors (Lipinski definition) is 1. The average Bonchev–Trinajstić information content (AvgIpc) is 3.02. The summed E-state index contributed by atoms with van der Waals surface area (Å²) < 4.78 is 0.967. The molecule has 0 bridgehead atoms. The first kappa shape index (κ1) is 11.4. The summed E-state index contributed by atoms with van der Waals surface area (Å²) in [6.45, 7) is 0. The minimum Gasteiger partial charge on any atom is -0.313 e. The van der Waals surface area contributed by atoms with Gasteiger partial charge < -0.3 is 5.32 Å². The minimum atomic E-state index is 0.447. The number of nitrogens with one attached hydrogen (secondary N) is 1. The molecule has 1 saturated carbocycles. The van der Waals surface area contributed by atoms with Gasteiger partial charge in [-0.25, -0.2) is 0 Å². The Balaban J connectivity index is 2.13. The van der Waals surface area contributed by atoms with Crippen LogP contribution in [-0.4, -0.2) is 7.05 Å². The van der Waals surface area contributed by atoms with Crippen molar-refractivity contribution in [3.63, 3.8) is 0 Å². The van der Waals surface area contributed by atoms with Gasteiger partial charge in [-0.2, -0.15) is 0 Å². The molecule has 1 nitrogen and oxygen atoms in total. The fourth-order valence-electron chi connectivity index (χ4n) is 1.84. The molecule has 0 saturated heterocycles. The van der Waals surface area contributed by atoms with Crippen molar-refractivity contribution in [1.82, 2.24) is 5.32 Å². The van der Waals surface area contributed by atoms with Gasteiger partial charge in [-0.3, -0.25) is 0 Å². The van der Waals surface area contributed by atoms with Crippen LogP contribution in [-0.2, 0) is 0 Å². The lowest BCUT2D eigenvalue weighted by Crippen LogP contribution is -2.16. The molecule has 3 heteroatoms. The van der Waals surface area contributed by atoms with Crippen LogP contribution >= 0.6 is 27.5 Å². The highest BCUT2D eigenvalue weighted by atomic mass is 79.9. The van der Waals surface area contributed by atoms with Crippen LogP contribution in [0.4, 0.5) is 0 Å². The molecule has 0 heterocycles. The summed E-state index contributed by atoms with van der Waals surface area (Å²) in [4.78, 5) is 0. The Morgan fingerprint density at radius 3 is 2.80 bits per heavy atom. The SMILES string of the molecule is CNC(CC1CC1)c1ccc(Br)c(Cl)c1. The van der Waals surface area contributed by atoms with Gasteiger partial charge >= 0.3 is 0 Å². The van der Waals surface area contributed by atoms with E-state index in [4.69, 9.17) is 11.6 Å². The van der Waals surface area contributed by atoms with Crippen molar-refractivity contribution >= 4 is 27.5 Å². The molecule has 2 rings (SSSR count). The maximum absolute atomic E-state index is 6.09. The molecule has 1 aliphatic carbocycles. The third-order valence-corrected chi connectivity index (χ3v) is 4.19. The molecule has 1 fully saturated rings. The summed E-state index contributed by atoms with van der Waals surface area (Å²) in [5.41, 5.74) is 1.29. The molecular formula is C12H15BrClN. The van der Waals surface area contributed by atoms with E-state index < -0.39 is 0 Å². The summed E-state index contributed by atoms with van der Waals surface area (Å²) >= 11 is 9.50. The monoisotopic (exact) mass is 287 g/mol. The van der Waals surface area contributed by atoms with Crippen molar-refractivity contribution in [2.75, 3.05) is 7.05 Å². The first-order valence-corrected chi connectivity index (χ1v) is 6.50. The molecule has 1 aliphatic rings. The molecule has 15 heavy (non-hydrogen) atoms. The number of halogens is 2. The van der Waals surface area contributed by atoms with E-state index in [0.29, 0.717) is 6.04 Å². The standard InChI is InChI=1S/C12H15BrClN/c1-15-12(6-8-2-3-8)9-4-5-10(13)11(14)7-9/h4-5,7-8,12,15H,2-3,6H2,1H3. The first-order valence-electron chi connectivity index (χ1n) is 5.33. The molecule has 0 radical (unpaired) electrons. The number of benzene rings is 1. The lowest BCUT2D eigenvalue weighted by atomic mass is 10.0. The van der Waals surface area contributed by atoms with E-state index in [9.17, 15) is 0 Å². The van der Waals surface area contributed by atoms with E-state index in [1.807, 2.05) is 13.1 Å². The summed E-state index contributed by atoms with van der Waals surface area (Å²) in [6, 6.07) is 6.66. The predicted molar refractivity (Wildman–Crippen MR) is 68.3 cm³/mol. The lowest BCUT2D eigenvalue weighted by molar-refractivity contribution is 0.514. The van der Waals surface area contributed by atoms with Crippen molar-refractivity contribution in [3.8, 4) is 0 Å². The Kier molecular flexibility index (Phi) is 3.70. The highest BCUT2D eigenvalue weighted by Crippen LogP contribution is 2.38. The second-order valence-electron chi connectivity index (χ2n) is 4.19. The first-order chi connectivity index (χ1) is 7.20. The quantitative estimate of drug-likeness (QED) is 0.877. The zero-order chi connectivity index (χ0) is 10.8. The van der Waals surface area contributed by atoms with E-state index in [2.05, 4.69) is 33.4 Å². The van der Waals surface area contributed by atoms with Gasteiger partial charge in [0.05, 0.1) is 5.02 Å². The van der Waals surface area contributed by atoms with Crippen molar-refractivity contribution < 1.29 is 0 Å². The Morgan fingerprint density at radius 2 is 2.27 bits per heavy atom. The van der Waals surface area contributed by atoms with Crippen LogP contribution in [0.3, 0.4) is 0 Å². The summed E-state index contributed by atoms with van der Waals surface area (Å²) in [7, 11) is 2.02. The van der Waals surface area contributed by atoms with Gasteiger partial charge in [0.2, 0.25) is 0 Å². The highest BCUT2D eigenvalue weighted by molar-refractivity contribution is 9.10. The maximum atomic E-state index is 6.09. The second kappa shape index (κ2) is 4.86. The van der Waals surface area contributed by atoms with E-state index in [1.165, 1.54) is 24.8 Å². The van der Waals surface area contributed by atoms with E-state index in [1.54, 1.807) is 0 Å². The topological polar surface area (TPSA) is 12.0 Å². The fourth-order valence-corrected chi connectivity index (χ4v) is 2.27. The lowest BCUT2D eigenvalue weighted by Gasteiger charge is -2.16. The van der Waals surface area contributed by atoms with Crippen LogP contribution in [0, 0.1) is 5.92 Å². The highest BCUT2D eigenvalue weighted by Gasteiger charge is 2.25. The van der Waals surface area contributed by atoms with E-state index in [-0.39, 0.29) is 0 Å². The van der Waals surface area contributed by atoms with Gasteiger partial charge in [0.15, 0.2) is 0 Å². The van der Waals surface area contributed by atoms with Gasteiger partial charge in [0.1, 0.15) is 0 Å². The van der Waals surface area contributed by atoms with Crippen molar-refractivity contribution in [2.45, 2.75) is 25.3 Å². The third-order valence-electron chi connectivity index (χ3n) is 2.96. The zero-order valence-corrected chi connectivity index (χ0v) is 11.1. The van der Waals surface area contributed by atoms with Crippen LogP contribution in [0.2, 0.25) is 5.02 Å². The average molecular weight is 289 g/mol. The minimum absolute atomic E-state index is 0.447. The van der Waals surface area contributed by atoms with Crippen molar-refractivity contribution in [2.24, 2.45) is 5.92 Å². The van der Waals surface area contributed by atoms with Gasteiger partial charge in [-0.15, -0.1) is 0 Å². The van der Waals surface area contributed by atoms with Crippen molar-refractivity contribution in [1.29, 1.82) is 0 Å². The molecule has 0 amide bonds. The van der Waals surface area contributed by atoms with Gasteiger partial charge in [-0.1, -0.05) is 30.5 Å². The van der Waals surface area contributed by atoms with Gasteiger partial charge in [0, 0.05) is 10.5 Å².